The Hall–Kier alpha value is -2.55. The number of sulfonamides is 1. The SMILES string of the molecule is CC(=O)c1ccc(S(=O)(=O)N(Cc2nnc(-c3ccc(Cl)cc3)o2)C2CC2)cc1. The highest BCUT2D eigenvalue weighted by atomic mass is 35.5. The maximum absolute atomic E-state index is 13.2. The van der Waals surface area contributed by atoms with Crippen molar-refractivity contribution in [2.75, 3.05) is 0 Å². The second kappa shape index (κ2) is 7.70. The largest absolute Gasteiger partial charge is 0.419 e. The maximum atomic E-state index is 13.2. The van der Waals surface area contributed by atoms with Gasteiger partial charge in [0, 0.05) is 22.2 Å². The number of aromatic nitrogens is 2. The number of ketones is 1. The average Bonchev–Trinajstić information content (AvgIpc) is 3.44. The first-order valence-electron chi connectivity index (χ1n) is 9.06. The molecule has 1 aromatic heterocycles. The minimum atomic E-state index is -3.76. The third-order valence-electron chi connectivity index (χ3n) is 4.67. The molecule has 1 saturated carbocycles. The highest BCUT2D eigenvalue weighted by Crippen LogP contribution is 2.34. The molecule has 1 aliphatic rings. The van der Waals surface area contributed by atoms with Gasteiger partial charge in [0.25, 0.3) is 0 Å². The maximum Gasteiger partial charge on any atom is 0.247 e. The minimum Gasteiger partial charge on any atom is -0.419 e. The summed E-state index contributed by atoms with van der Waals surface area (Å²) < 4.78 is 33.4. The first-order valence-corrected chi connectivity index (χ1v) is 10.9. The number of hydrogen-bond acceptors (Lipinski definition) is 6. The molecular formula is C20H18ClN3O4S. The monoisotopic (exact) mass is 431 g/mol. The Morgan fingerprint density at radius 1 is 1.10 bits per heavy atom. The minimum absolute atomic E-state index is 0.0119. The lowest BCUT2D eigenvalue weighted by Gasteiger charge is -2.20. The van der Waals surface area contributed by atoms with Gasteiger partial charge in [-0.15, -0.1) is 10.2 Å². The van der Waals surface area contributed by atoms with Crippen LogP contribution >= 0.6 is 11.6 Å². The van der Waals surface area contributed by atoms with Crippen molar-refractivity contribution in [2.24, 2.45) is 0 Å². The van der Waals surface area contributed by atoms with Crippen LogP contribution in [0.1, 0.15) is 36.0 Å². The van der Waals surface area contributed by atoms with E-state index < -0.39 is 10.0 Å². The van der Waals surface area contributed by atoms with Crippen LogP contribution in [0.2, 0.25) is 5.02 Å². The molecular weight excluding hydrogens is 414 g/mol. The Morgan fingerprint density at radius 2 is 1.76 bits per heavy atom. The van der Waals surface area contributed by atoms with Crippen LogP contribution in [0.15, 0.2) is 57.8 Å². The lowest BCUT2D eigenvalue weighted by Crippen LogP contribution is -2.32. The molecule has 150 valence electrons. The quantitative estimate of drug-likeness (QED) is 0.526. The van der Waals surface area contributed by atoms with E-state index in [1.165, 1.54) is 35.5 Å². The second-order valence-electron chi connectivity index (χ2n) is 6.87. The van der Waals surface area contributed by atoms with Gasteiger partial charge in [0.2, 0.25) is 21.8 Å². The van der Waals surface area contributed by atoms with Crippen LogP contribution in [0.4, 0.5) is 0 Å². The summed E-state index contributed by atoms with van der Waals surface area (Å²) in [5.41, 5.74) is 1.17. The molecule has 0 saturated heterocycles. The van der Waals surface area contributed by atoms with Gasteiger partial charge in [-0.1, -0.05) is 23.7 Å². The van der Waals surface area contributed by atoms with Gasteiger partial charge in [-0.25, -0.2) is 8.42 Å². The first-order chi connectivity index (χ1) is 13.8. The molecule has 0 amide bonds. The van der Waals surface area contributed by atoms with Crippen LogP contribution in [-0.2, 0) is 16.6 Å². The fourth-order valence-corrected chi connectivity index (χ4v) is 4.69. The number of nitrogens with zero attached hydrogens (tertiary/aromatic N) is 3. The van der Waals surface area contributed by atoms with E-state index in [1.807, 2.05) is 0 Å². The van der Waals surface area contributed by atoms with Crippen LogP contribution in [0, 0.1) is 0 Å². The molecule has 3 aromatic rings. The van der Waals surface area contributed by atoms with E-state index in [0.29, 0.717) is 22.0 Å². The molecule has 0 unspecified atom stereocenters. The van der Waals surface area contributed by atoms with Crippen molar-refractivity contribution in [2.45, 2.75) is 37.2 Å². The molecule has 0 atom stereocenters. The van der Waals surface area contributed by atoms with Crippen LogP contribution in [0.25, 0.3) is 11.5 Å². The number of halogens is 1. The van der Waals surface area contributed by atoms with E-state index in [0.717, 1.165) is 12.8 Å². The average molecular weight is 432 g/mol. The van der Waals surface area contributed by atoms with Gasteiger partial charge in [-0.3, -0.25) is 4.79 Å². The van der Waals surface area contributed by atoms with Gasteiger partial charge in [0.1, 0.15) is 0 Å². The van der Waals surface area contributed by atoms with Crippen molar-refractivity contribution in [1.82, 2.24) is 14.5 Å². The first kappa shape index (κ1) is 19.8. The summed E-state index contributed by atoms with van der Waals surface area (Å²) in [6, 6.07) is 12.8. The summed E-state index contributed by atoms with van der Waals surface area (Å²) in [5, 5.41) is 8.62. The molecule has 0 N–H and O–H groups in total. The Balaban J connectivity index is 1.58. The summed E-state index contributed by atoms with van der Waals surface area (Å²) in [6.07, 6.45) is 1.56. The van der Waals surface area contributed by atoms with Gasteiger partial charge < -0.3 is 4.42 Å². The van der Waals surface area contributed by atoms with Crippen molar-refractivity contribution in [1.29, 1.82) is 0 Å². The number of hydrogen-bond donors (Lipinski definition) is 0. The van der Waals surface area contributed by atoms with Crippen molar-refractivity contribution in [3.63, 3.8) is 0 Å². The molecule has 29 heavy (non-hydrogen) atoms. The van der Waals surface area contributed by atoms with E-state index in [2.05, 4.69) is 10.2 Å². The molecule has 2 aromatic carbocycles. The number of carbonyl (C=O) groups is 1. The zero-order chi connectivity index (χ0) is 20.6. The van der Waals surface area contributed by atoms with Crippen molar-refractivity contribution < 1.29 is 17.6 Å². The van der Waals surface area contributed by atoms with Gasteiger partial charge in [-0.05, 0) is 56.2 Å². The van der Waals surface area contributed by atoms with E-state index >= 15 is 0 Å². The van der Waals surface area contributed by atoms with Crippen molar-refractivity contribution in [3.8, 4) is 11.5 Å². The number of benzene rings is 2. The second-order valence-corrected chi connectivity index (χ2v) is 9.20. The molecule has 0 radical (unpaired) electrons. The Bertz CT molecular complexity index is 1140. The zero-order valence-electron chi connectivity index (χ0n) is 15.6. The number of rotatable bonds is 7. The summed E-state index contributed by atoms with van der Waals surface area (Å²) in [5.74, 6) is 0.398. The highest BCUT2D eigenvalue weighted by Gasteiger charge is 2.39. The van der Waals surface area contributed by atoms with E-state index in [-0.39, 0.29) is 29.2 Å². The van der Waals surface area contributed by atoms with E-state index in [1.54, 1.807) is 24.3 Å². The summed E-state index contributed by atoms with van der Waals surface area (Å²) in [7, 11) is -3.76. The molecule has 1 fully saturated rings. The molecule has 1 heterocycles. The Kier molecular flexibility index (Phi) is 5.24. The topological polar surface area (TPSA) is 93.4 Å². The van der Waals surface area contributed by atoms with Crippen LogP contribution in [0.5, 0.6) is 0 Å². The molecule has 0 bridgehead atoms. The van der Waals surface area contributed by atoms with Gasteiger partial charge in [0.05, 0.1) is 11.4 Å². The van der Waals surface area contributed by atoms with Gasteiger partial charge >= 0.3 is 0 Å². The fraction of sp³-hybridized carbons (Fsp3) is 0.250. The predicted molar refractivity (Wildman–Crippen MR) is 107 cm³/mol. The molecule has 0 aliphatic heterocycles. The Labute approximate surface area is 173 Å². The van der Waals surface area contributed by atoms with Crippen LogP contribution < -0.4 is 0 Å². The predicted octanol–water partition coefficient (Wildman–Crippen LogP) is 3.95. The third kappa shape index (κ3) is 4.24. The van der Waals surface area contributed by atoms with Crippen LogP contribution in [0.3, 0.4) is 0 Å². The number of carbonyl (C=O) groups excluding carboxylic acids is 1. The lowest BCUT2D eigenvalue weighted by atomic mass is 10.2. The summed E-state index contributed by atoms with van der Waals surface area (Å²) in [4.78, 5) is 11.6. The normalized spacial score (nSPS) is 14.3. The van der Waals surface area contributed by atoms with Crippen LogP contribution in [-0.4, -0.2) is 34.7 Å². The fourth-order valence-electron chi connectivity index (χ4n) is 2.93. The lowest BCUT2D eigenvalue weighted by molar-refractivity contribution is 0.101. The van der Waals surface area contributed by atoms with Gasteiger partial charge in [-0.2, -0.15) is 4.31 Å². The molecule has 4 rings (SSSR count). The third-order valence-corrected chi connectivity index (χ3v) is 6.84. The summed E-state index contributed by atoms with van der Waals surface area (Å²) in [6.45, 7) is 1.43. The molecule has 7 nitrogen and oxygen atoms in total. The molecule has 1 aliphatic carbocycles. The smallest absolute Gasteiger partial charge is 0.247 e. The summed E-state index contributed by atoms with van der Waals surface area (Å²) >= 11 is 5.89. The Morgan fingerprint density at radius 3 is 2.34 bits per heavy atom. The van der Waals surface area contributed by atoms with Crippen molar-refractivity contribution in [3.05, 3.63) is 65.0 Å². The van der Waals surface area contributed by atoms with Crippen molar-refractivity contribution >= 4 is 27.4 Å². The zero-order valence-corrected chi connectivity index (χ0v) is 17.2. The standard InChI is InChI=1S/C20H18ClN3O4S/c1-13(25)14-4-10-18(11-5-14)29(26,27)24(17-8-9-17)12-19-22-23-20(28-19)15-2-6-16(21)7-3-15/h2-7,10-11,17H,8-9,12H2,1H3. The van der Waals surface area contributed by atoms with E-state index in [9.17, 15) is 13.2 Å². The number of Topliss-reactive ketones (excluding diaryl/α,β-unsaturated/α-hetero) is 1. The van der Waals surface area contributed by atoms with Gasteiger partial charge in [0.15, 0.2) is 5.78 Å². The molecule has 0 spiro atoms. The molecule has 9 heteroatoms. The van der Waals surface area contributed by atoms with E-state index in [4.69, 9.17) is 16.0 Å². The highest BCUT2D eigenvalue weighted by molar-refractivity contribution is 7.89.